The Hall–Kier alpha value is -1.46. The maximum absolute atomic E-state index is 5.71. The van der Waals surface area contributed by atoms with E-state index in [1.807, 2.05) is 30.3 Å². The quantitative estimate of drug-likeness (QED) is 0.850. The molecular formula is C13H12BrN3S. The van der Waals surface area contributed by atoms with Crippen LogP contribution in [-0.2, 0) is 6.54 Å². The normalized spacial score (nSPS) is 10.1. The molecule has 18 heavy (non-hydrogen) atoms. The second kappa shape index (κ2) is 5.93. The van der Waals surface area contributed by atoms with Crippen molar-refractivity contribution in [3.63, 3.8) is 0 Å². The van der Waals surface area contributed by atoms with Crippen molar-refractivity contribution < 1.29 is 0 Å². The third kappa shape index (κ3) is 3.27. The number of benzene rings is 1. The van der Waals surface area contributed by atoms with Crippen molar-refractivity contribution in [3.8, 4) is 0 Å². The minimum Gasteiger partial charge on any atom is -0.389 e. The monoisotopic (exact) mass is 321 g/mol. The first-order valence-electron chi connectivity index (χ1n) is 5.39. The Bertz CT molecular complexity index is 557. The molecule has 1 heterocycles. The van der Waals surface area contributed by atoms with Crippen molar-refractivity contribution >= 4 is 38.8 Å². The molecule has 0 saturated heterocycles. The second-order valence-electron chi connectivity index (χ2n) is 3.76. The Morgan fingerprint density at radius 3 is 2.67 bits per heavy atom. The van der Waals surface area contributed by atoms with Crippen molar-refractivity contribution in [3.05, 3.63) is 58.3 Å². The molecule has 2 rings (SSSR count). The van der Waals surface area contributed by atoms with Crippen LogP contribution < -0.4 is 11.1 Å². The summed E-state index contributed by atoms with van der Waals surface area (Å²) in [6, 6.07) is 9.76. The first kappa shape index (κ1) is 13.0. The van der Waals surface area contributed by atoms with Gasteiger partial charge in [-0.1, -0.05) is 28.1 Å². The number of halogens is 1. The third-order valence-corrected chi connectivity index (χ3v) is 3.19. The number of anilines is 1. The fourth-order valence-electron chi connectivity index (χ4n) is 1.57. The van der Waals surface area contributed by atoms with E-state index < -0.39 is 0 Å². The first-order valence-corrected chi connectivity index (χ1v) is 6.59. The van der Waals surface area contributed by atoms with Gasteiger partial charge < -0.3 is 11.1 Å². The van der Waals surface area contributed by atoms with Crippen molar-refractivity contribution in [2.45, 2.75) is 6.54 Å². The molecule has 0 unspecified atom stereocenters. The molecule has 2 aromatic rings. The molecule has 0 aliphatic rings. The summed E-state index contributed by atoms with van der Waals surface area (Å²) in [5.74, 6) is 0. The minimum atomic E-state index is 0.383. The van der Waals surface area contributed by atoms with Crippen LogP contribution in [0.15, 0.2) is 47.2 Å². The highest BCUT2D eigenvalue weighted by molar-refractivity contribution is 9.10. The maximum atomic E-state index is 5.71. The van der Waals surface area contributed by atoms with Crippen LogP contribution in [0.5, 0.6) is 0 Å². The molecule has 92 valence electrons. The Balaban J connectivity index is 2.17. The zero-order chi connectivity index (χ0) is 13.0. The zero-order valence-corrected chi connectivity index (χ0v) is 12.0. The fourth-order valence-corrected chi connectivity index (χ4v) is 2.10. The molecule has 0 aliphatic heterocycles. The Morgan fingerprint density at radius 2 is 2.00 bits per heavy atom. The van der Waals surface area contributed by atoms with Crippen LogP contribution in [0, 0.1) is 0 Å². The Morgan fingerprint density at radius 1 is 1.28 bits per heavy atom. The molecule has 3 N–H and O–H groups in total. The number of nitrogens with one attached hydrogen (secondary N) is 1. The molecule has 0 saturated carbocycles. The largest absolute Gasteiger partial charge is 0.389 e. The lowest BCUT2D eigenvalue weighted by molar-refractivity contribution is 1.13. The van der Waals surface area contributed by atoms with E-state index in [1.165, 1.54) is 0 Å². The topological polar surface area (TPSA) is 50.9 Å². The first-order chi connectivity index (χ1) is 8.66. The number of rotatable bonds is 4. The van der Waals surface area contributed by atoms with Gasteiger partial charge in [0.15, 0.2) is 0 Å². The van der Waals surface area contributed by atoms with Crippen LogP contribution in [0.25, 0.3) is 0 Å². The van der Waals surface area contributed by atoms with Gasteiger partial charge in [0.05, 0.1) is 0 Å². The summed E-state index contributed by atoms with van der Waals surface area (Å²) >= 11 is 8.46. The second-order valence-corrected chi connectivity index (χ2v) is 5.12. The number of pyridine rings is 1. The standard InChI is InChI=1S/C13H12BrN3S/c14-10-1-2-12(11(7-10)13(15)18)17-8-9-3-5-16-6-4-9/h1-7,17H,8H2,(H2,15,18). The summed E-state index contributed by atoms with van der Waals surface area (Å²) in [6.45, 7) is 0.708. The average molecular weight is 322 g/mol. The van der Waals surface area contributed by atoms with Gasteiger partial charge in [0.1, 0.15) is 4.99 Å². The van der Waals surface area contributed by atoms with E-state index in [0.29, 0.717) is 11.5 Å². The average Bonchev–Trinajstić information content (AvgIpc) is 2.38. The molecule has 0 spiro atoms. The molecular weight excluding hydrogens is 310 g/mol. The van der Waals surface area contributed by atoms with Gasteiger partial charge in [-0.05, 0) is 35.9 Å². The van der Waals surface area contributed by atoms with Crippen LogP contribution in [0.4, 0.5) is 5.69 Å². The van der Waals surface area contributed by atoms with E-state index in [9.17, 15) is 0 Å². The molecule has 0 atom stereocenters. The van der Waals surface area contributed by atoms with E-state index in [-0.39, 0.29) is 0 Å². The van der Waals surface area contributed by atoms with Crippen LogP contribution in [0.1, 0.15) is 11.1 Å². The lowest BCUT2D eigenvalue weighted by Gasteiger charge is -2.11. The molecule has 1 aromatic carbocycles. The summed E-state index contributed by atoms with van der Waals surface area (Å²) in [6.07, 6.45) is 3.54. The Labute approximate surface area is 120 Å². The Kier molecular flexibility index (Phi) is 4.28. The van der Waals surface area contributed by atoms with E-state index >= 15 is 0 Å². The van der Waals surface area contributed by atoms with Gasteiger partial charge in [0, 0.05) is 34.7 Å². The van der Waals surface area contributed by atoms with Gasteiger partial charge >= 0.3 is 0 Å². The van der Waals surface area contributed by atoms with E-state index in [1.54, 1.807) is 12.4 Å². The number of nitrogens with zero attached hydrogens (tertiary/aromatic N) is 1. The lowest BCUT2D eigenvalue weighted by Crippen LogP contribution is -2.13. The summed E-state index contributed by atoms with van der Waals surface area (Å²) in [5, 5.41) is 3.32. The SMILES string of the molecule is NC(=S)c1cc(Br)ccc1NCc1ccncc1. The van der Waals surface area contributed by atoms with Crippen molar-refractivity contribution in [2.75, 3.05) is 5.32 Å². The molecule has 5 heteroatoms. The summed E-state index contributed by atoms with van der Waals surface area (Å²) in [7, 11) is 0. The molecule has 0 amide bonds. The van der Waals surface area contributed by atoms with Gasteiger partial charge in [0.2, 0.25) is 0 Å². The zero-order valence-electron chi connectivity index (χ0n) is 9.56. The molecule has 0 fully saturated rings. The number of hydrogen-bond donors (Lipinski definition) is 2. The fraction of sp³-hybridized carbons (Fsp3) is 0.0769. The van der Waals surface area contributed by atoms with Crippen LogP contribution in [-0.4, -0.2) is 9.97 Å². The number of nitrogens with two attached hydrogens (primary N) is 1. The summed E-state index contributed by atoms with van der Waals surface area (Å²) in [5.41, 5.74) is 8.64. The number of thiocarbonyl (C=S) groups is 1. The predicted octanol–water partition coefficient (Wildman–Crippen LogP) is 3.09. The van der Waals surface area contributed by atoms with E-state index in [4.69, 9.17) is 18.0 Å². The van der Waals surface area contributed by atoms with Crippen molar-refractivity contribution in [1.29, 1.82) is 0 Å². The van der Waals surface area contributed by atoms with Crippen molar-refractivity contribution in [2.24, 2.45) is 5.73 Å². The van der Waals surface area contributed by atoms with E-state index in [0.717, 1.165) is 21.3 Å². The highest BCUT2D eigenvalue weighted by Gasteiger charge is 2.05. The van der Waals surface area contributed by atoms with Gasteiger partial charge in [-0.15, -0.1) is 0 Å². The van der Waals surface area contributed by atoms with Crippen molar-refractivity contribution in [1.82, 2.24) is 4.98 Å². The number of aromatic nitrogens is 1. The summed E-state index contributed by atoms with van der Waals surface area (Å²) < 4.78 is 0.958. The van der Waals surface area contributed by atoms with Crippen LogP contribution in [0.2, 0.25) is 0 Å². The van der Waals surface area contributed by atoms with Gasteiger partial charge in [0.25, 0.3) is 0 Å². The molecule has 0 bridgehead atoms. The predicted molar refractivity (Wildman–Crippen MR) is 81.6 cm³/mol. The summed E-state index contributed by atoms with van der Waals surface area (Å²) in [4.78, 5) is 4.37. The van der Waals surface area contributed by atoms with Crippen LogP contribution >= 0.6 is 28.1 Å². The highest BCUT2D eigenvalue weighted by atomic mass is 79.9. The highest BCUT2D eigenvalue weighted by Crippen LogP contribution is 2.21. The van der Waals surface area contributed by atoms with E-state index in [2.05, 4.69) is 26.2 Å². The maximum Gasteiger partial charge on any atom is 0.106 e. The van der Waals surface area contributed by atoms with Gasteiger partial charge in [-0.2, -0.15) is 0 Å². The van der Waals surface area contributed by atoms with Gasteiger partial charge in [-0.25, -0.2) is 0 Å². The molecule has 0 radical (unpaired) electrons. The van der Waals surface area contributed by atoms with Gasteiger partial charge in [-0.3, -0.25) is 4.98 Å². The lowest BCUT2D eigenvalue weighted by atomic mass is 10.1. The molecule has 3 nitrogen and oxygen atoms in total. The number of hydrogen-bond acceptors (Lipinski definition) is 3. The molecule has 1 aromatic heterocycles. The minimum absolute atomic E-state index is 0.383. The molecule has 0 aliphatic carbocycles. The van der Waals surface area contributed by atoms with Crippen LogP contribution in [0.3, 0.4) is 0 Å². The smallest absolute Gasteiger partial charge is 0.106 e. The third-order valence-electron chi connectivity index (χ3n) is 2.48.